The van der Waals surface area contributed by atoms with Gasteiger partial charge in [-0.2, -0.15) is 0 Å². The lowest BCUT2D eigenvalue weighted by molar-refractivity contribution is 0.0526. The Morgan fingerprint density at radius 3 is 2.60 bits per heavy atom. The van der Waals surface area contributed by atoms with Gasteiger partial charge in [0.15, 0.2) is 6.17 Å². The van der Waals surface area contributed by atoms with Crippen LogP contribution in [0.2, 0.25) is 0 Å². The van der Waals surface area contributed by atoms with Crippen LogP contribution >= 0.6 is 11.3 Å². The fourth-order valence-corrected chi connectivity index (χ4v) is 5.57. The van der Waals surface area contributed by atoms with Crippen molar-refractivity contribution in [1.29, 1.82) is 0 Å². The number of furan rings is 1. The second-order valence-electron chi connectivity index (χ2n) is 8.13. The number of thiophene rings is 1. The Kier molecular flexibility index (Phi) is 6.21. The molecule has 2 aliphatic rings. The number of nitrogens with one attached hydrogen (secondary N) is 2. The van der Waals surface area contributed by atoms with Crippen molar-refractivity contribution < 1.29 is 28.3 Å². The van der Waals surface area contributed by atoms with Gasteiger partial charge in [-0.05, 0) is 50.1 Å². The summed E-state index contributed by atoms with van der Waals surface area (Å²) >= 11 is 1.48. The highest BCUT2D eigenvalue weighted by atomic mass is 32.1. The average molecular weight is 496 g/mol. The summed E-state index contributed by atoms with van der Waals surface area (Å²) in [5.41, 5.74) is 2.90. The number of ether oxygens (including phenoxy) is 2. The zero-order valence-corrected chi connectivity index (χ0v) is 20.2. The number of fused-ring (bicyclic) bond motifs is 3. The number of benzene rings is 1. The third-order valence-electron chi connectivity index (χ3n) is 5.95. The smallest absolute Gasteiger partial charge is 0.410 e. The van der Waals surface area contributed by atoms with Crippen molar-refractivity contribution in [3.05, 3.63) is 63.7 Å². The van der Waals surface area contributed by atoms with Crippen molar-refractivity contribution in [2.75, 3.05) is 25.1 Å². The minimum absolute atomic E-state index is 0.164. The summed E-state index contributed by atoms with van der Waals surface area (Å²) in [6, 6.07) is 10.6. The fraction of sp³-hybridized carbons (Fsp3) is 0.320. The first-order valence-electron chi connectivity index (χ1n) is 11.5. The van der Waals surface area contributed by atoms with E-state index in [-0.39, 0.29) is 18.0 Å². The van der Waals surface area contributed by atoms with E-state index in [1.165, 1.54) is 11.3 Å². The van der Waals surface area contributed by atoms with Gasteiger partial charge in [-0.1, -0.05) is 12.1 Å². The normalized spacial score (nSPS) is 16.6. The van der Waals surface area contributed by atoms with Crippen LogP contribution in [0.15, 0.2) is 40.8 Å². The van der Waals surface area contributed by atoms with Crippen LogP contribution in [-0.2, 0) is 22.4 Å². The quantitative estimate of drug-likeness (QED) is 0.500. The van der Waals surface area contributed by atoms with E-state index >= 15 is 0 Å². The van der Waals surface area contributed by atoms with Crippen molar-refractivity contribution in [2.45, 2.75) is 33.0 Å². The second-order valence-corrected chi connectivity index (χ2v) is 9.23. The van der Waals surface area contributed by atoms with E-state index in [0.717, 1.165) is 21.0 Å². The molecule has 10 heteroatoms. The number of anilines is 1. The first-order chi connectivity index (χ1) is 17.0. The van der Waals surface area contributed by atoms with Crippen LogP contribution in [0, 0.1) is 0 Å². The van der Waals surface area contributed by atoms with Gasteiger partial charge in [-0.15, -0.1) is 11.3 Å². The number of esters is 1. The van der Waals surface area contributed by atoms with Crippen molar-refractivity contribution >= 4 is 34.3 Å². The van der Waals surface area contributed by atoms with E-state index in [4.69, 9.17) is 13.9 Å². The molecule has 0 spiro atoms. The molecule has 0 saturated carbocycles. The molecule has 2 aromatic heterocycles. The molecule has 4 heterocycles. The molecule has 5 rings (SSSR count). The molecule has 0 fully saturated rings. The van der Waals surface area contributed by atoms with Gasteiger partial charge in [0.05, 0.1) is 30.9 Å². The van der Waals surface area contributed by atoms with Crippen LogP contribution < -0.4 is 10.6 Å². The Balaban J connectivity index is 1.33. The Morgan fingerprint density at radius 2 is 1.86 bits per heavy atom. The standard InChI is InChI=1S/C25H25N3O6S/c1-3-32-24(30)15-7-5-14(6-8-15)17-9-10-18(34-17)21-26-22(29)20-16-11-12-28(25(31)33-4-2)13-19(16)35-23(20)27-21/h5-10,21,27H,3-4,11-13H2,1-2H3,(H,26,29)/t21-/m1/s1. The SMILES string of the molecule is CCOC(=O)c1ccc(-c2ccc([C@@H]3NC(=O)c4c(sc5c4CCN(C(=O)OCC)C5)N3)o2)cc1. The van der Waals surface area contributed by atoms with E-state index in [9.17, 15) is 14.4 Å². The van der Waals surface area contributed by atoms with E-state index in [0.29, 0.717) is 55.4 Å². The molecule has 0 bridgehead atoms. The number of carbonyl (C=O) groups excluding carboxylic acids is 3. The van der Waals surface area contributed by atoms with Crippen LogP contribution in [0.25, 0.3) is 11.3 Å². The van der Waals surface area contributed by atoms with Crippen molar-refractivity contribution in [1.82, 2.24) is 10.2 Å². The van der Waals surface area contributed by atoms with Gasteiger partial charge >= 0.3 is 12.1 Å². The zero-order chi connectivity index (χ0) is 24.5. The Labute approximate surface area is 206 Å². The summed E-state index contributed by atoms with van der Waals surface area (Å²) in [6.45, 7) is 5.14. The summed E-state index contributed by atoms with van der Waals surface area (Å²) in [7, 11) is 0. The molecular weight excluding hydrogens is 470 g/mol. The third kappa shape index (κ3) is 4.37. The van der Waals surface area contributed by atoms with Gasteiger partial charge in [0.2, 0.25) is 0 Å². The van der Waals surface area contributed by atoms with Gasteiger partial charge in [0.25, 0.3) is 5.91 Å². The fourth-order valence-electron chi connectivity index (χ4n) is 4.28. The Morgan fingerprint density at radius 1 is 1.09 bits per heavy atom. The minimum atomic E-state index is -0.524. The molecule has 2 aliphatic heterocycles. The average Bonchev–Trinajstić information content (AvgIpc) is 3.49. The lowest BCUT2D eigenvalue weighted by atomic mass is 10.0. The van der Waals surface area contributed by atoms with Crippen LogP contribution in [0.4, 0.5) is 9.80 Å². The Bertz CT molecular complexity index is 1280. The van der Waals surface area contributed by atoms with Gasteiger partial charge < -0.3 is 29.4 Å². The van der Waals surface area contributed by atoms with E-state index in [2.05, 4.69) is 10.6 Å². The highest BCUT2D eigenvalue weighted by Gasteiger charge is 2.35. The summed E-state index contributed by atoms with van der Waals surface area (Å²) in [4.78, 5) is 39.7. The number of hydrogen-bond acceptors (Lipinski definition) is 8. The zero-order valence-electron chi connectivity index (χ0n) is 19.4. The lowest BCUT2D eigenvalue weighted by Gasteiger charge is -2.27. The molecular formula is C25H25N3O6S. The van der Waals surface area contributed by atoms with Crippen LogP contribution in [0.3, 0.4) is 0 Å². The molecule has 182 valence electrons. The van der Waals surface area contributed by atoms with E-state index in [1.807, 2.05) is 12.1 Å². The maximum Gasteiger partial charge on any atom is 0.410 e. The number of nitrogens with zero attached hydrogens (tertiary/aromatic N) is 1. The van der Waals surface area contributed by atoms with Crippen molar-refractivity contribution in [2.24, 2.45) is 0 Å². The topological polar surface area (TPSA) is 110 Å². The maximum atomic E-state index is 13.0. The third-order valence-corrected chi connectivity index (χ3v) is 7.10. The molecule has 2 N–H and O–H groups in total. The van der Waals surface area contributed by atoms with Crippen LogP contribution in [-0.4, -0.2) is 42.6 Å². The summed E-state index contributed by atoms with van der Waals surface area (Å²) in [5.74, 6) is 0.650. The second kappa shape index (κ2) is 9.46. The Hall–Kier alpha value is -3.79. The summed E-state index contributed by atoms with van der Waals surface area (Å²) in [6.07, 6.45) is -0.256. The molecule has 9 nitrogen and oxygen atoms in total. The monoisotopic (exact) mass is 495 g/mol. The summed E-state index contributed by atoms with van der Waals surface area (Å²) in [5, 5.41) is 7.12. The van der Waals surface area contributed by atoms with Crippen LogP contribution in [0.1, 0.15) is 56.9 Å². The molecule has 0 unspecified atom stereocenters. The molecule has 0 aliphatic carbocycles. The van der Waals surface area contributed by atoms with E-state index in [1.54, 1.807) is 43.0 Å². The number of carbonyl (C=O) groups is 3. The predicted octanol–water partition coefficient (Wildman–Crippen LogP) is 4.55. The molecule has 0 radical (unpaired) electrons. The first kappa shape index (κ1) is 23.0. The largest absolute Gasteiger partial charge is 0.462 e. The molecule has 0 saturated heterocycles. The first-order valence-corrected chi connectivity index (χ1v) is 12.3. The van der Waals surface area contributed by atoms with Crippen molar-refractivity contribution in [3.8, 4) is 11.3 Å². The van der Waals surface area contributed by atoms with Crippen molar-refractivity contribution in [3.63, 3.8) is 0 Å². The molecule has 1 aromatic carbocycles. The molecule has 1 atom stereocenters. The number of amides is 2. The molecule has 35 heavy (non-hydrogen) atoms. The highest BCUT2D eigenvalue weighted by molar-refractivity contribution is 7.16. The number of hydrogen-bond donors (Lipinski definition) is 2. The molecule has 3 aromatic rings. The predicted molar refractivity (Wildman–Crippen MR) is 129 cm³/mol. The van der Waals surface area contributed by atoms with Gasteiger partial charge in [0, 0.05) is 17.0 Å². The van der Waals surface area contributed by atoms with Gasteiger partial charge in [0.1, 0.15) is 16.5 Å². The maximum absolute atomic E-state index is 13.0. The number of rotatable bonds is 5. The van der Waals surface area contributed by atoms with Gasteiger partial charge in [-0.3, -0.25) is 4.79 Å². The summed E-state index contributed by atoms with van der Waals surface area (Å²) < 4.78 is 16.2. The highest BCUT2D eigenvalue weighted by Crippen LogP contribution is 2.41. The minimum Gasteiger partial charge on any atom is -0.462 e. The van der Waals surface area contributed by atoms with E-state index < -0.39 is 6.17 Å². The van der Waals surface area contributed by atoms with Gasteiger partial charge in [-0.25, -0.2) is 9.59 Å². The van der Waals surface area contributed by atoms with Crippen LogP contribution in [0.5, 0.6) is 0 Å². The molecule has 2 amide bonds. The lowest BCUT2D eigenvalue weighted by Crippen LogP contribution is -2.39.